The van der Waals surface area contributed by atoms with E-state index >= 15 is 0 Å². The second-order valence-corrected chi connectivity index (χ2v) is 5.37. The van der Waals surface area contributed by atoms with Crippen LogP contribution in [0.25, 0.3) is 0 Å². The predicted molar refractivity (Wildman–Crippen MR) is 79.6 cm³/mol. The van der Waals surface area contributed by atoms with Crippen LogP contribution in [0, 0.1) is 0 Å². The zero-order valence-electron chi connectivity index (χ0n) is 12.6. The molecule has 0 spiro atoms. The van der Waals surface area contributed by atoms with Crippen molar-refractivity contribution in [1.82, 2.24) is 20.0 Å². The molecule has 1 aliphatic rings. The number of likely N-dealkylation sites (tertiary alicyclic amines) is 1. The van der Waals surface area contributed by atoms with Gasteiger partial charge in [-0.1, -0.05) is 13.8 Å². The van der Waals surface area contributed by atoms with Gasteiger partial charge in [0, 0.05) is 26.2 Å². The van der Waals surface area contributed by atoms with Gasteiger partial charge in [-0.3, -0.25) is 9.48 Å². The number of nitrogen functional groups attached to an aromatic ring is 1. The lowest BCUT2D eigenvalue weighted by atomic mass is 10.0. The molecule has 1 aromatic heterocycles. The Morgan fingerprint density at radius 3 is 2.55 bits per heavy atom. The first-order chi connectivity index (χ1) is 9.56. The second-order valence-electron chi connectivity index (χ2n) is 5.37. The molecular formula is C14H25N5O. The quantitative estimate of drug-likeness (QED) is 0.854. The summed E-state index contributed by atoms with van der Waals surface area (Å²) >= 11 is 0. The van der Waals surface area contributed by atoms with Crippen molar-refractivity contribution in [3.8, 4) is 0 Å². The largest absolute Gasteiger partial charge is 0.395 e. The number of nitrogens with one attached hydrogen (secondary N) is 1. The summed E-state index contributed by atoms with van der Waals surface area (Å²) in [4.78, 5) is 14.8. The van der Waals surface area contributed by atoms with Gasteiger partial charge in [0.25, 0.3) is 5.91 Å². The van der Waals surface area contributed by atoms with Crippen molar-refractivity contribution in [3.63, 3.8) is 0 Å². The summed E-state index contributed by atoms with van der Waals surface area (Å²) < 4.78 is 1.59. The van der Waals surface area contributed by atoms with Gasteiger partial charge < -0.3 is 16.0 Å². The number of hydrogen-bond donors (Lipinski definition) is 2. The van der Waals surface area contributed by atoms with Gasteiger partial charge in [-0.25, -0.2) is 0 Å². The molecule has 0 bridgehead atoms. The summed E-state index contributed by atoms with van der Waals surface area (Å²) in [6, 6.07) is 0.240. The van der Waals surface area contributed by atoms with E-state index in [1.54, 1.807) is 11.7 Å². The lowest BCUT2D eigenvalue weighted by Gasteiger charge is -2.31. The number of anilines is 1. The van der Waals surface area contributed by atoms with Gasteiger partial charge in [0.15, 0.2) is 0 Å². The van der Waals surface area contributed by atoms with Crippen LogP contribution in [0.2, 0.25) is 0 Å². The Bertz CT molecular complexity index is 474. The molecule has 1 aliphatic heterocycles. The van der Waals surface area contributed by atoms with Crippen LogP contribution in [0.4, 0.5) is 5.69 Å². The van der Waals surface area contributed by atoms with Gasteiger partial charge in [-0.05, 0) is 25.8 Å². The van der Waals surface area contributed by atoms with Gasteiger partial charge in [-0.15, -0.1) is 0 Å². The molecule has 3 N–H and O–H groups in total. The Labute approximate surface area is 120 Å². The highest BCUT2D eigenvalue weighted by Crippen LogP contribution is 2.18. The summed E-state index contributed by atoms with van der Waals surface area (Å²) in [5.74, 6) is -0.104. The number of nitrogens with two attached hydrogens (primary N) is 1. The van der Waals surface area contributed by atoms with E-state index in [1.807, 2.05) is 6.92 Å². The first-order valence-corrected chi connectivity index (χ1v) is 7.41. The van der Waals surface area contributed by atoms with Crippen molar-refractivity contribution in [2.24, 2.45) is 7.05 Å². The molecule has 0 saturated carbocycles. The van der Waals surface area contributed by atoms with Crippen molar-refractivity contribution in [2.75, 3.05) is 25.4 Å². The maximum atomic E-state index is 12.4. The van der Waals surface area contributed by atoms with Crippen LogP contribution in [0.1, 0.15) is 42.9 Å². The van der Waals surface area contributed by atoms with E-state index in [0.717, 1.165) is 44.6 Å². The maximum Gasteiger partial charge on any atom is 0.271 e. The highest BCUT2D eigenvalue weighted by Gasteiger charge is 2.24. The molecule has 6 heteroatoms. The lowest BCUT2D eigenvalue weighted by molar-refractivity contribution is 0.0904. The standard InChI is InChI=1S/C14H25N5O/c1-4-11-12(15)13(18(3)17-11)14(20)16-10-6-8-19(5-2)9-7-10/h10H,4-9,15H2,1-3H3,(H,16,20). The molecule has 2 heterocycles. The molecule has 0 aromatic carbocycles. The SMILES string of the molecule is CCc1nn(C)c(C(=O)NC2CCN(CC)CC2)c1N. The topological polar surface area (TPSA) is 76.2 Å². The normalized spacial score (nSPS) is 17.4. The average molecular weight is 279 g/mol. The number of carbonyl (C=O) groups excluding carboxylic acids is 1. The zero-order valence-corrected chi connectivity index (χ0v) is 12.6. The first-order valence-electron chi connectivity index (χ1n) is 7.41. The van der Waals surface area contributed by atoms with E-state index in [1.165, 1.54) is 0 Å². The summed E-state index contributed by atoms with van der Waals surface area (Å²) in [7, 11) is 1.77. The smallest absolute Gasteiger partial charge is 0.271 e. The number of carbonyl (C=O) groups is 1. The Balaban J connectivity index is 2.01. The Morgan fingerprint density at radius 2 is 2.05 bits per heavy atom. The van der Waals surface area contributed by atoms with Gasteiger partial charge in [0.1, 0.15) is 5.69 Å². The molecule has 0 aliphatic carbocycles. The van der Waals surface area contributed by atoms with Crippen molar-refractivity contribution >= 4 is 11.6 Å². The summed E-state index contributed by atoms with van der Waals surface area (Å²) in [5.41, 5.74) is 7.80. The maximum absolute atomic E-state index is 12.4. The van der Waals surface area contributed by atoms with Gasteiger partial charge in [0.2, 0.25) is 0 Å². The summed E-state index contributed by atoms with van der Waals surface area (Å²) in [5, 5.41) is 7.38. The van der Waals surface area contributed by atoms with Crippen LogP contribution in [0.15, 0.2) is 0 Å². The van der Waals surface area contributed by atoms with Crippen molar-refractivity contribution in [1.29, 1.82) is 0 Å². The predicted octanol–water partition coefficient (Wildman–Crippen LogP) is 0.779. The molecule has 20 heavy (non-hydrogen) atoms. The number of aryl methyl sites for hydroxylation is 2. The van der Waals surface area contributed by atoms with Crippen LogP contribution >= 0.6 is 0 Å². The van der Waals surface area contributed by atoms with Crippen molar-refractivity contribution in [2.45, 2.75) is 39.2 Å². The summed E-state index contributed by atoms with van der Waals surface area (Å²) in [6.45, 7) is 7.32. The van der Waals surface area contributed by atoms with Crippen LogP contribution in [0.5, 0.6) is 0 Å². The van der Waals surface area contributed by atoms with E-state index in [4.69, 9.17) is 5.73 Å². The van der Waals surface area contributed by atoms with Crippen LogP contribution in [0.3, 0.4) is 0 Å². The average Bonchev–Trinajstić information content (AvgIpc) is 2.74. The van der Waals surface area contributed by atoms with Gasteiger partial charge in [-0.2, -0.15) is 5.10 Å². The van der Waals surface area contributed by atoms with E-state index < -0.39 is 0 Å². The Morgan fingerprint density at radius 1 is 1.40 bits per heavy atom. The monoisotopic (exact) mass is 279 g/mol. The molecule has 2 rings (SSSR count). The second kappa shape index (κ2) is 6.26. The van der Waals surface area contributed by atoms with Crippen molar-refractivity contribution < 1.29 is 4.79 Å². The number of amides is 1. The molecule has 0 unspecified atom stereocenters. The number of aromatic nitrogens is 2. The molecule has 1 fully saturated rings. The minimum atomic E-state index is -0.104. The van der Waals surface area contributed by atoms with E-state index in [2.05, 4.69) is 22.2 Å². The number of rotatable bonds is 4. The van der Waals surface area contributed by atoms with Gasteiger partial charge >= 0.3 is 0 Å². The Hall–Kier alpha value is -1.56. The lowest BCUT2D eigenvalue weighted by Crippen LogP contribution is -2.45. The van der Waals surface area contributed by atoms with E-state index in [-0.39, 0.29) is 11.9 Å². The fourth-order valence-corrected chi connectivity index (χ4v) is 2.77. The fourth-order valence-electron chi connectivity index (χ4n) is 2.77. The molecule has 1 aromatic rings. The highest BCUT2D eigenvalue weighted by molar-refractivity contribution is 5.98. The van der Waals surface area contributed by atoms with E-state index in [0.29, 0.717) is 11.4 Å². The first kappa shape index (κ1) is 14.8. The van der Waals surface area contributed by atoms with Gasteiger partial charge in [0.05, 0.1) is 11.4 Å². The molecule has 0 radical (unpaired) electrons. The molecular weight excluding hydrogens is 254 g/mol. The van der Waals surface area contributed by atoms with E-state index in [9.17, 15) is 4.79 Å². The molecule has 1 amide bonds. The fraction of sp³-hybridized carbons (Fsp3) is 0.714. The zero-order chi connectivity index (χ0) is 14.7. The molecule has 0 atom stereocenters. The molecule has 6 nitrogen and oxygen atoms in total. The minimum absolute atomic E-state index is 0.104. The third-order valence-corrected chi connectivity index (χ3v) is 4.08. The Kier molecular flexibility index (Phi) is 4.65. The summed E-state index contributed by atoms with van der Waals surface area (Å²) in [6.07, 6.45) is 2.73. The number of nitrogens with zero attached hydrogens (tertiary/aromatic N) is 3. The number of hydrogen-bond acceptors (Lipinski definition) is 4. The minimum Gasteiger partial charge on any atom is -0.395 e. The third-order valence-electron chi connectivity index (χ3n) is 4.08. The molecule has 112 valence electrons. The molecule has 1 saturated heterocycles. The van der Waals surface area contributed by atoms with Crippen molar-refractivity contribution in [3.05, 3.63) is 11.4 Å². The van der Waals surface area contributed by atoms with Crippen LogP contribution in [-0.2, 0) is 13.5 Å². The number of piperidine rings is 1. The van der Waals surface area contributed by atoms with Crippen LogP contribution < -0.4 is 11.1 Å². The van der Waals surface area contributed by atoms with Crippen LogP contribution in [-0.4, -0.2) is 46.3 Å². The highest BCUT2D eigenvalue weighted by atomic mass is 16.2. The third kappa shape index (κ3) is 2.95.